The number of hydrogen-bond acceptors (Lipinski definition) is 4. The number of aryl methyl sites for hydroxylation is 1. The molecular formula is C23H29N3O3. The van der Waals surface area contributed by atoms with E-state index in [-0.39, 0.29) is 17.9 Å². The molecule has 0 spiro atoms. The average Bonchev–Trinajstić information content (AvgIpc) is 3.17. The predicted octanol–water partition coefficient (Wildman–Crippen LogP) is 3.98. The summed E-state index contributed by atoms with van der Waals surface area (Å²) in [5, 5.41) is 4.21. The van der Waals surface area contributed by atoms with E-state index in [4.69, 9.17) is 4.74 Å². The second kappa shape index (κ2) is 8.39. The second-order valence-corrected chi connectivity index (χ2v) is 8.37. The Morgan fingerprint density at radius 2 is 1.76 bits per heavy atom. The molecule has 4 rings (SSSR count). The molecule has 2 fully saturated rings. The zero-order chi connectivity index (χ0) is 20.4. The largest absolute Gasteiger partial charge is 0.426 e. The van der Waals surface area contributed by atoms with Gasteiger partial charge in [-0.3, -0.25) is 14.3 Å². The third kappa shape index (κ3) is 4.21. The Labute approximate surface area is 171 Å². The number of esters is 1. The smallest absolute Gasteiger partial charge is 0.316 e. The molecule has 1 saturated heterocycles. The highest BCUT2D eigenvalue weighted by Gasteiger charge is 2.40. The molecule has 0 radical (unpaired) electrons. The van der Waals surface area contributed by atoms with Crippen LogP contribution in [0, 0.1) is 5.92 Å². The first-order valence-corrected chi connectivity index (χ1v) is 10.6. The van der Waals surface area contributed by atoms with E-state index in [9.17, 15) is 9.59 Å². The topological polar surface area (TPSA) is 64.4 Å². The molecule has 29 heavy (non-hydrogen) atoms. The summed E-state index contributed by atoms with van der Waals surface area (Å²) in [4.78, 5) is 26.9. The molecular weight excluding hydrogens is 366 g/mol. The summed E-state index contributed by atoms with van der Waals surface area (Å²) in [7, 11) is 3.58. The first kappa shape index (κ1) is 19.7. The van der Waals surface area contributed by atoms with Gasteiger partial charge in [0.15, 0.2) is 0 Å². The molecule has 0 bridgehead atoms. The standard InChI is InChI=1S/C23H29N3O3/c1-25-15-18(14-24-25)22-20(12-13-21(27)26(22)2)23(28)29-19-10-8-17(9-11-19)16-6-4-3-5-7-16/h8-11,14-16,20,22H,3-7,12-13H2,1-2H3. The molecule has 1 saturated carbocycles. The summed E-state index contributed by atoms with van der Waals surface area (Å²) in [5.41, 5.74) is 2.19. The van der Waals surface area contributed by atoms with Crippen molar-refractivity contribution in [3.63, 3.8) is 0 Å². The van der Waals surface area contributed by atoms with Crippen LogP contribution in [-0.2, 0) is 16.6 Å². The van der Waals surface area contributed by atoms with Crippen LogP contribution in [-0.4, -0.2) is 33.6 Å². The monoisotopic (exact) mass is 395 g/mol. The fourth-order valence-corrected chi connectivity index (χ4v) is 4.77. The summed E-state index contributed by atoms with van der Waals surface area (Å²) >= 11 is 0. The first-order valence-electron chi connectivity index (χ1n) is 10.6. The number of carbonyl (C=O) groups excluding carboxylic acids is 2. The molecule has 1 amide bonds. The number of rotatable bonds is 4. The first-order chi connectivity index (χ1) is 14.0. The van der Waals surface area contributed by atoms with Gasteiger partial charge in [0.05, 0.1) is 18.2 Å². The molecule has 6 nitrogen and oxygen atoms in total. The number of nitrogens with zero attached hydrogens (tertiary/aromatic N) is 3. The van der Waals surface area contributed by atoms with E-state index in [1.807, 2.05) is 25.4 Å². The van der Waals surface area contributed by atoms with Gasteiger partial charge in [-0.1, -0.05) is 31.4 Å². The van der Waals surface area contributed by atoms with Gasteiger partial charge in [0.25, 0.3) is 0 Å². The van der Waals surface area contributed by atoms with Crippen molar-refractivity contribution < 1.29 is 14.3 Å². The summed E-state index contributed by atoms with van der Waals surface area (Å²) in [6.45, 7) is 0. The molecule has 2 unspecified atom stereocenters. The maximum atomic E-state index is 13.0. The Morgan fingerprint density at radius 1 is 1.03 bits per heavy atom. The maximum absolute atomic E-state index is 13.0. The number of ether oxygens (including phenoxy) is 1. The molecule has 2 aliphatic rings. The highest BCUT2D eigenvalue weighted by atomic mass is 16.5. The quantitative estimate of drug-likeness (QED) is 0.580. The fourth-order valence-electron chi connectivity index (χ4n) is 4.77. The number of benzene rings is 1. The Kier molecular flexibility index (Phi) is 5.69. The van der Waals surface area contributed by atoms with E-state index in [1.165, 1.54) is 37.7 Å². The van der Waals surface area contributed by atoms with Crippen LogP contribution >= 0.6 is 0 Å². The van der Waals surface area contributed by atoms with Crippen molar-refractivity contribution in [2.45, 2.75) is 56.9 Å². The van der Waals surface area contributed by atoms with Crippen LogP contribution in [0.15, 0.2) is 36.7 Å². The molecule has 2 aromatic rings. The highest BCUT2D eigenvalue weighted by molar-refractivity contribution is 5.83. The lowest BCUT2D eigenvalue weighted by molar-refractivity contribution is -0.148. The summed E-state index contributed by atoms with van der Waals surface area (Å²) in [5.74, 6) is 0.545. The minimum atomic E-state index is -0.403. The van der Waals surface area contributed by atoms with E-state index in [2.05, 4.69) is 17.2 Å². The molecule has 154 valence electrons. The molecule has 1 aromatic carbocycles. The van der Waals surface area contributed by atoms with Gasteiger partial charge in [-0.25, -0.2) is 0 Å². The van der Waals surface area contributed by atoms with Crippen molar-refractivity contribution in [1.29, 1.82) is 0 Å². The predicted molar refractivity (Wildman–Crippen MR) is 109 cm³/mol. The Morgan fingerprint density at radius 3 is 2.41 bits per heavy atom. The summed E-state index contributed by atoms with van der Waals surface area (Å²) in [6.07, 6.45) is 10.8. The Bertz CT molecular complexity index is 868. The molecule has 2 heterocycles. The van der Waals surface area contributed by atoms with Crippen molar-refractivity contribution in [2.24, 2.45) is 13.0 Å². The van der Waals surface area contributed by atoms with Gasteiger partial charge in [-0.2, -0.15) is 5.10 Å². The Balaban J connectivity index is 1.48. The summed E-state index contributed by atoms with van der Waals surface area (Å²) < 4.78 is 7.42. The van der Waals surface area contributed by atoms with Gasteiger partial charge in [-0.15, -0.1) is 0 Å². The highest BCUT2D eigenvalue weighted by Crippen LogP contribution is 2.37. The lowest BCUT2D eigenvalue weighted by atomic mass is 9.84. The van der Waals surface area contributed by atoms with E-state index >= 15 is 0 Å². The van der Waals surface area contributed by atoms with E-state index in [1.54, 1.807) is 22.8 Å². The van der Waals surface area contributed by atoms with Crippen molar-refractivity contribution in [2.75, 3.05) is 7.05 Å². The van der Waals surface area contributed by atoms with Crippen LogP contribution in [0.1, 0.15) is 68.0 Å². The molecule has 1 aliphatic carbocycles. The summed E-state index contributed by atoms with van der Waals surface area (Å²) in [6, 6.07) is 7.64. The average molecular weight is 396 g/mol. The number of aromatic nitrogens is 2. The van der Waals surface area contributed by atoms with Crippen LogP contribution in [0.2, 0.25) is 0 Å². The van der Waals surface area contributed by atoms with Gasteiger partial charge in [-0.05, 0) is 42.9 Å². The fraction of sp³-hybridized carbons (Fsp3) is 0.522. The second-order valence-electron chi connectivity index (χ2n) is 8.37. The zero-order valence-electron chi connectivity index (χ0n) is 17.2. The molecule has 1 aliphatic heterocycles. The van der Waals surface area contributed by atoms with Gasteiger partial charge in [0, 0.05) is 32.3 Å². The number of carbonyl (C=O) groups is 2. The lowest BCUT2D eigenvalue weighted by Crippen LogP contribution is -2.44. The number of hydrogen-bond donors (Lipinski definition) is 0. The van der Waals surface area contributed by atoms with Crippen molar-refractivity contribution in [3.05, 3.63) is 47.8 Å². The SMILES string of the molecule is CN1C(=O)CCC(C(=O)Oc2ccc(C3CCCCC3)cc2)C1c1cnn(C)c1. The number of piperidine rings is 1. The van der Waals surface area contributed by atoms with Crippen molar-refractivity contribution in [1.82, 2.24) is 14.7 Å². The zero-order valence-corrected chi connectivity index (χ0v) is 17.2. The number of amides is 1. The van der Waals surface area contributed by atoms with Crippen LogP contribution in [0.4, 0.5) is 0 Å². The Hall–Kier alpha value is -2.63. The van der Waals surface area contributed by atoms with Crippen LogP contribution in [0.25, 0.3) is 0 Å². The van der Waals surface area contributed by atoms with Crippen molar-refractivity contribution in [3.8, 4) is 5.75 Å². The van der Waals surface area contributed by atoms with Crippen molar-refractivity contribution >= 4 is 11.9 Å². The van der Waals surface area contributed by atoms with E-state index in [0.29, 0.717) is 24.5 Å². The molecule has 6 heteroatoms. The molecule has 1 aromatic heterocycles. The van der Waals surface area contributed by atoms with Crippen LogP contribution in [0.5, 0.6) is 5.75 Å². The van der Waals surface area contributed by atoms with Gasteiger partial charge in [0.1, 0.15) is 5.75 Å². The van der Waals surface area contributed by atoms with Gasteiger partial charge >= 0.3 is 5.97 Å². The van der Waals surface area contributed by atoms with Gasteiger partial charge < -0.3 is 9.64 Å². The molecule has 2 atom stereocenters. The van der Waals surface area contributed by atoms with E-state index < -0.39 is 5.92 Å². The van der Waals surface area contributed by atoms with E-state index in [0.717, 1.165) is 5.56 Å². The third-order valence-electron chi connectivity index (χ3n) is 6.41. The molecule has 0 N–H and O–H groups in total. The minimum absolute atomic E-state index is 0.0414. The third-order valence-corrected chi connectivity index (χ3v) is 6.41. The maximum Gasteiger partial charge on any atom is 0.316 e. The minimum Gasteiger partial charge on any atom is -0.426 e. The van der Waals surface area contributed by atoms with Crippen LogP contribution < -0.4 is 4.74 Å². The number of likely N-dealkylation sites (tertiary alicyclic amines) is 1. The van der Waals surface area contributed by atoms with Gasteiger partial charge in [0.2, 0.25) is 5.91 Å². The van der Waals surface area contributed by atoms with Crippen LogP contribution in [0.3, 0.4) is 0 Å². The lowest BCUT2D eigenvalue weighted by Gasteiger charge is -2.37. The normalized spacial score (nSPS) is 23.2.